The summed E-state index contributed by atoms with van der Waals surface area (Å²) in [4.78, 5) is 49.9. The van der Waals surface area contributed by atoms with Crippen molar-refractivity contribution in [3.05, 3.63) is 70.5 Å². The fourth-order valence-corrected chi connectivity index (χ4v) is 5.82. The quantitative estimate of drug-likeness (QED) is 0.680. The molecule has 6 rings (SSSR count). The van der Waals surface area contributed by atoms with Crippen LogP contribution in [0.5, 0.6) is 0 Å². The summed E-state index contributed by atoms with van der Waals surface area (Å²) >= 11 is 1.36. The van der Waals surface area contributed by atoms with Crippen molar-refractivity contribution in [2.45, 2.75) is 18.1 Å². The van der Waals surface area contributed by atoms with Gasteiger partial charge in [0, 0.05) is 68.1 Å². The number of hydrogen-bond acceptors (Lipinski definition) is 6. The van der Waals surface area contributed by atoms with Crippen LogP contribution in [-0.4, -0.2) is 94.9 Å². The Labute approximate surface area is 211 Å². The molecule has 0 spiro atoms. The number of rotatable bonds is 4. The predicted molar refractivity (Wildman–Crippen MR) is 132 cm³/mol. The predicted octanol–water partition coefficient (Wildman–Crippen LogP) is 1.71. The van der Waals surface area contributed by atoms with Crippen LogP contribution < -0.4 is 10.2 Å². The zero-order valence-electron chi connectivity index (χ0n) is 19.4. The smallest absolute Gasteiger partial charge is 0.323 e. The van der Waals surface area contributed by atoms with Gasteiger partial charge in [-0.15, -0.1) is 11.3 Å². The molecule has 0 radical (unpaired) electrons. The van der Waals surface area contributed by atoms with Gasteiger partial charge in [-0.05, 0) is 30.3 Å². The SMILES string of the molecule is O=C(C1=CC2NC(=O)N(c3ccc(F)cc3)C2C=C1)N1CC(N2CCN(C(=O)c3nccs3)CC2)C1. The second-order valence-corrected chi connectivity index (χ2v) is 10.2. The monoisotopic (exact) mass is 508 g/mol. The number of carbonyl (C=O) groups is 3. The number of anilines is 1. The van der Waals surface area contributed by atoms with Gasteiger partial charge in [0.1, 0.15) is 5.82 Å². The Bertz CT molecular complexity index is 1230. The third-order valence-electron chi connectivity index (χ3n) is 7.24. The van der Waals surface area contributed by atoms with E-state index in [-0.39, 0.29) is 41.8 Å². The number of urea groups is 1. The Hall–Kier alpha value is -3.57. The molecule has 36 heavy (non-hydrogen) atoms. The Morgan fingerprint density at radius 1 is 1.03 bits per heavy atom. The number of aromatic nitrogens is 1. The van der Waals surface area contributed by atoms with Crippen LogP contribution in [0.1, 0.15) is 9.80 Å². The highest BCUT2D eigenvalue weighted by Crippen LogP contribution is 2.29. The Balaban J connectivity index is 1.02. The Kier molecular flexibility index (Phi) is 5.81. The highest BCUT2D eigenvalue weighted by atomic mass is 32.1. The first-order valence-electron chi connectivity index (χ1n) is 12.0. The fraction of sp³-hybridized carbons (Fsp3) is 0.360. The van der Waals surface area contributed by atoms with E-state index in [1.54, 1.807) is 29.3 Å². The normalized spacial score (nSPS) is 24.3. The molecule has 0 saturated carbocycles. The zero-order chi connectivity index (χ0) is 24.8. The van der Waals surface area contributed by atoms with Crippen molar-refractivity contribution < 1.29 is 18.8 Å². The van der Waals surface area contributed by atoms with Crippen LogP contribution in [0.3, 0.4) is 0 Å². The van der Waals surface area contributed by atoms with E-state index in [4.69, 9.17) is 0 Å². The summed E-state index contributed by atoms with van der Waals surface area (Å²) in [6.45, 7) is 4.16. The third kappa shape index (κ3) is 4.07. The lowest BCUT2D eigenvalue weighted by atomic mass is 9.95. The molecule has 9 nitrogen and oxygen atoms in total. The van der Waals surface area contributed by atoms with Crippen LogP contribution in [0.4, 0.5) is 14.9 Å². The molecule has 1 N–H and O–H groups in total. The van der Waals surface area contributed by atoms with Gasteiger partial charge in [-0.2, -0.15) is 0 Å². The maximum Gasteiger partial charge on any atom is 0.323 e. The number of carbonyl (C=O) groups excluding carboxylic acids is 3. The van der Waals surface area contributed by atoms with Gasteiger partial charge in [0.25, 0.3) is 11.8 Å². The lowest BCUT2D eigenvalue weighted by Crippen LogP contribution is -2.64. The summed E-state index contributed by atoms with van der Waals surface area (Å²) in [7, 11) is 0. The van der Waals surface area contributed by atoms with Crippen molar-refractivity contribution in [3.63, 3.8) is 0 Å². The van der Waals surface area contributed by atoms with Crippen LogP contribution in [0.2, 0.25) is 0 Å². The molecule has 186 valence electrons. The van der Waals surface area contributed by atoms with E-state index in [1.165, 1.54) is 23.5 Å². The summed E-state index contributed by atoms with van der Waals surface area (Å²) in [5.41, 5.74) is 1.17. The fourth-order valence-electron chi connectivity index (χ4n) is 5.21. The number of nitrogens with one attached hydrogen (secondary N) is 1. The van der Waals surface area contributed by atoms with E-state index in [0.717, 1.165) is 13.1 Å². The molecule has 2 aromatic rings. The van der Waals surface area contributed by atoms with E-state index < -0.39 is 0 Å². The van der Waals surface area contributed by atoms with Crippen LogP contribution in [-0.2, 0) is 4.79 Å². The van der Waals surface area contributed by atoms with Crippen molar-refractivity contribution in [2.75, 3.05) is 44.2 Å². The Morgan fingerprint density at radius 2 is 1.78 bits per heavy atom. The molecule has 4 heterocycles. The van der Waals surface area contributed by atoms with E-state index in [1.807, 2.05) is 27.3 Å². The zero-order valence-corrected chi connectivity index (χ0v) is 20.2. The molecule has 2 unspecified atom stereocenters. The number of piperazine rings is 1. The summed E-state index contributed by atoms with van der Waals surface area (Å²) < 4.78 is 13.3. The average Bonchev–Trinajstić information content (AvgIpc) is 3.51. The lowest BCUT2D eigenvalue weighted by molar-refractivity contribution is -0.134. The van der Waals surface area contributed by atoms with E-state index in [0.29, 0.717) is 42.4 Å². The van der Waals surface area contributed by atoms with Gasteiger partial charge < -0.3 is 15.1 Å². The van der Waals surface area contributed by atoms with Crippen molar-refractivity contribution >= 4 is 34.9 Å². The highest BCUT2D eigenvalue weighted by molar-refractivity contribution is 7.11. The molecule has 11 heteroatoms. The van der Waals surface area contributed by atoms with Gasteiger partial charge in [-0.25, -0.2) is 14.2 Å². The van der Waals surface area contributed by atoms with Gasteiger partial charge in [0.15, 0.2) is 5.01 Å². The molecule has 4 amide bonds. The van der Waals surface area contributed by atoms with E-state index in [9.17, 15) is 18.8 Å². The third-order valence-corrected chi connectivity index (χ3v) is 8.00. The van der Waals surface area contributed by atoms with Gasteiger partial charge in [0.05, 0.1) is 12.1 Å². The summed E-state index contributed by atoms with van der Waals surface area (Å²) in [6.07, 6.45) is 7.09. The van der Waals surface area contributed by atoms with Crippen LogP contribution in [0.25, 0.3) is 0 Å². The Morgan fingerprint density at radius 3 is 2.47 bits per heavy atom. The van der Waals surface area contributed by atoms with Crippen LogP contribution >= 0.6 is 11.3 Å². The summed E-state index contributed by atoms with van der Waals surface area (Å²) in [5.74, 6) is -0.421. The number of thiazole rings is 1. The molecule has 1 aromatic heterocycles. The van der Waals surface area contributed by atoms with Crippen molar-refractivity contribution in [2.24, 2.45) is 0 Å². The summed E-state index contributed by atoms with van der Waals surface area (Å²) in [6, 6.07) is 5.21. The number of halogens is 1. The number of hydrogen-bond donors (Lipinski definition) is 1. The molecule has 3 aliphatic heterocycles. The number of likely N-dealkylation sites (tertiary alicyclic amines) is 1. The van der Waals surface area contributed by atoms with Crippen molar-refractivity contribution in [1.29, 1.82) is 0 Å². The maximum atomic E-state index is 13.3. The first-order chi connectivity index (χ1) is 17.5. The second-order valence-electron chi connectivity index (χ2n) is 9.32. The number of amides is 4. The van der Waals surface area contributed by atoms with Crippen LogP contribution in [0, 0.1) is 5.82 Å². The van der Waals surface area contributed by atoms with Gasteiger partial charge in [0.2, 0.25) is 0 Å². The van der Waals surface area contributed by atoms with E-state index in [2.05, 4.69) is 15.2 Å². The number of benzene rings is 1. The maximum absolute atomic E-state index is 13.3. The first-order valence-corrected chi connectivity index (χ1v) is 12.8. The highest BCUT2D eigenvalue weighted by Gasteiger charge is 2.42. The molecule has 3 saturated heterocycles. The standard InChI is InChI=1S/C25H25FN6O3S/c26-17-2-4-18(5-3-17)32-21-6-1-16(13-20(21)28-25(32)35)23(33)31-14-19(15-31)29-8-10-30(11-9-29)24(34)22-27-7-12-36-22/h1-7,12-13,19-21H,8-11,14-15H2,(H,28,35). The molecular weight excluding hydrogens is 483 g/mol. The minimum atomic E-state index is -0.360. The van der Waals surface area contributed by atoms with E-state index >= 15 is 0 Å². The van der Waals surface area contributed by atoms with Gasteiger partial charge >= 0.3 is 6.03 Å². The van der Waals surface area contributed by atoms with Gasteiger partial charge in [-0.1, -0.05) is 12.2 Å². The minimum absolute atomic E-state index is 0.0126. The largest absolute Gasteiger partial charge is 0.335 e. The van der Waals surface area contributed by atoms with Crippen LogP contribution in [0.15, 0.2) is 59.6 Å². The minimum Gasteiger partial charge on any atom is -0.335 e. The first kappa shape index (κ1) is 22.9. The molecule has 3 fully saturated rings. The average molecular weight is 509 g/mol. The molecular formula is C25H25FN6O3S. The molecule has 1 aliphatic carbocycles. The number of fused-ring (bicyclic) bond motifs is 1. The molecule has 2 atom stereocenters. The van der Waals surface area contributed by atoms with Crippen molar-refractivity contribution in [1.82, 2.24) is 25.0 Å². The molecule has 0 bridgehead atoms. The molecule has 1 aromatic carbocycles. The van der Waals surface area contributed by atoms with Gasteiger partial charge in [-0.3, -0.25) is 19.4 Å². The number of nitrogens with zero attached hydrogens (tertiary/aromatic N) is 5. The summed E-state index contributed by atoms with van der Waals surface area (Å²) in [5, 5.41) is 5.25. The molecule has 4 aliphatic rings. The van der Waals surface area contributed by atoms with Crippen molar-refractivity contribution in [3.8, 4) is 0 Å². The topological polar surface area (TPSA) is 89.1 Å². The second kappa shape index (κ2) is 9.14. The lowest BCUT2D eigenvalue weighted by Gasteiger charge is -2.48.